The van der Waals surface area contributed by atoms with Gasteiger partial charge in [-0.2, -0.15) is 0 Å². The summed E-state index contributed by atoms with van der Waals surface area (Å²) in [7, 11) is -2.61. The van der Waals surface area contributed by atoms with Crippen LogP contribution in [0.25, 0.3) is 0 Å². The van der Waals surface area contributed by atoms with Crippen LogP contribution in [0.1, 0.15) is 15.2 Å². The van der Waals surface area contributed by atoms with Gasteiger partial charge in [0, 0.05) is 11.9 Å². The molecule has 1 amide bonds. The Morgan fingerprint density at radius 3 is 2.54 bits per heavy atom. The lowest BCUT2D eigenvalue weighted by Gasteiger charge is -2.20. The van der Waals surface area contributed by atoms with Crippen LogP contribution < -0.4 is 9.62 Å². The molecule has 0 atom stereocenters. The molecular formula is C19H16ClFN2O3S2. The van der Waals surface area contributed by atoms with Gasteiger partial charge >= 0.3 is 0 Å². The first-order valence-electron chi connectivity index (χ1n) is 8.13. The van der Waals surface area contributed by atoms with Gasteiger partial charge in [0.25, 0.3) is 15.9 Å². The lowest BCUT2D eigenvalue weighted by molar-refractivity contribution is 0.0951. The van der Waals surface area contributed by atoms with Gasteiger partial charge in [0.05, 0.1) is 27.7 Å². The number of amides is 1. The van der Waals surface area contributed by atoms with E-state index >= 15 is 0 Å². The third-order valence-corrected chi connectivity index (χ3v) is 7.02. The second kappa shape index (κ2) is 8.30. The first-order valence-corrected chi connectivity index (χ1v) is 10.8. The highest BCUT2D eigenvalue weighted by atomic mass is 35.5. The van der Waals surface area contributed by atoms with Crippen molar-refractivity contribution < 1.29 is 17.6 Å². The van der Waals surface area contributed by atoms with Gasteiger partial charge in [0.1, 0.15) is 5.82 Å². The maximum Gasteiger partial charge on any atom is 0.264 e. The SMILES string of the molecule is CN(c1ccc(F)cc1)S(=O)(=O)c1ccc(Cl)c(C(=O)NCc2cccs2)c1. The van der Waals surface area contributed by atoms with Gasteiger partial charge in [-0.1, -0.05) is 17.7 Å². The molecule has 0 aliphatic rings. The average molecular weight is 439 g/mol. The Morgan fingerprint density at radius 2 is 1.89 bits per heavy atom. The molecule has 3 aromatic rings. The molecular weight excluding hydrogens is 423 g/mol. The van der Waals surface area contributed by atoms with Crippen molar-refractivity contribution in [2.45, 2.75) is 11.4 Å². The fourth-order valence-corrected chi connectivity index (χ4v) is 4.53. The Morgan fingerprint density at radius 1 is 1.18 bits per heavy atom. The van der Waals surface area contributed by atoms with Crippen molar-refractivity contribution in [3.8, 4) is 0 Å². The molecule has 2 aromatic carbocycles. The van der Waals surface area contributed by atoms with E-state index in [-0.39, 0.29) is 15.5 Å². The zero-order valence-corrected chi connectivity index (χ0v) is 17.1. The van der Waals surface area contributed by atoms with E-state index < -0.39 is 21.7 Å². The monoisotopic (exact) mass is 438 g/mol. The van der Waals surface area contributed by atoms with E-state index in [9.17, 15) is 17.6 Å². The number of halogens is 2. The van der Waals surface area contributed by atoms with Crippen LogP contribution in [0.5, 0.6) is 0 Å². The maximum absolute atomic E-state index is 13.1. The molecule has 1 N–H and O–H groups in total. The van der Waals surface area contributed by atoms with Gasteiger partial charge in [0.2, 0.25) is 0 Å². The number of nitrogens with zero attached hydrogens (tertiary/aromatic N) is 1. The number of carbonyl (C=O) groups excluding carboxylic acids is 1. The molecule has 0 unspecified atom stereocenters. The Labute approximate surface area is 171 Å². The molecule has 9 heteroatoms. The van der Waals surface area contributed by atoms with Gasteiger partial charge in [-0.05, 0) is 53.9 Å². The highest BCUT2D eigenvalue weighted by Gasteiger charge is 2.24. The summed E-state index contributed by atoms with van der Waals surface area (Å²) in [5, 5.41) is 4.77. The molecule has 28 heavy (non-hydrogen) atoms. The number of carbonyl (C=O) groups is 1. The minimum Gasteiger partial charge on any atom is -0.347 e. The van der Waals surface area contributed by atoms with E-state index in [0.29, 0.717) is 12.2 Å². The van der Waals surface area contributed by atoms with Crippen LogP contribution in [-0.2, 0) is 16.6 Å². The summed E-state index contributed by atoms with van der Waals surface area (Å²) in [6, 6.07) is 12.7. The Bertz CT molecular complexity index is 1080. The van der Waals surface area contributed by atoms with Crippen molar-refractivity contribution in [2.24, 2.45) is 0 Å². The van der Waals surface area contributed by atoms with Crippen LogP contribution in [0.3, 0.4) is 0 Å². The number of hydrogen-bond donors (Lipinski definition) is 1. The molecule has 146 valence electrons. The predicted octanol–water partition coefficient (Wildman–Crippen LogP) is 4.30. The first-order chi connectivity index (χ1) is 13.3. The number of thiophene rings is 1. The summed E-state index contributed by atoms with van der Waals surface area (Å²) >= 11 is 7.60. The van der Waals surface area contributed by atoms with E-state index in [4.69, 9.17) is 11.6 Å². The summed E-state index contributed by atoms with van der Waals surface area (Å²) in [5.41, 5.74) is 0.354. The summed E-state index contributed by atoms with van der Waals surface area (Å²) in [4.78, 5) is 13.3. The number of rotatable bonds is 6. The van der Waals surface area contributed by atoms with E-state index in [1.54, 1.807) is 0 Å². The first kappa shape index (κ1) is 20.3. The molecule has 0 aliphatic heterocycles. The second-order valence-corrected chi connectivity index (χ2v) is 9.26. The lowest BCUT2D eigenvalue weighted by atomic mass is 10.2. The van der Waals surface area contributed by atoms with E-state index in [1.807, 2.05) is 17.5 Å². The molecule has 0 fully saturated rings. The fraction of sp³-hybridized carbons (Fsp3) is 0.105. The van der Waals surface area contributed by atoms with Gasteiger partial charge in [-0.3, -0.25) is 9.10 Å². The van der Waals surface area contributed by atoms with Gasteiger partial charge in [-0.15, -0.1) is 11.3 Å². The van der Waals surface area contributed by atoms with E-state index in [1.165, 1.54) is 60.8 Å². The quantitative estimate of drug-likeness (QED) is 0.624. The zero-order chi connectivity index (χ0) is 20.3. The highest BCUT2D eigenvalue weighted by Crippen LogP contribution is 2.26. The Balaban J connectivity index is 1.86. The molecule has 0 saturated heterocycles. The molecule has 3 rings (SSSR count). The van der Waals surface area contributed by atoms with Crippen molar-refractivity contribution in [1.29, 1.82) is 0 Å². The number of nitrogens with one attached hydrogen (secondary N) is 1. The maximum atomic E-state index is 13.1. The average Bonchev–Trinajstić information content (AvgIpc) is 3.20. The fourth-order valence-electron chi connectivity index (χ4n) is 2.46. The number of hydrogen-bond acceptors (Lipinski definition) is 4. The van der Waals surface area contributed by atoms with Crippen molar-refractivity contribution in [1.82, 2.24) is 5.32 Å². The summed E-state index contributed by atoms with van der Waals surface area (Å²) in [6.07, 6.45) is 0. The topological polar surface area (TPSA) is 66.5 Å². The standard InChI is InChI=1S/C19H16ClFN2O3S2/c1-23(14-6-4-13(21)5-7-14)28(25,26)16-8-9-18(20)17(11-16)19(24)22-12-15-3-2-10-27-15/h2-11H,12H2,1H3,(H,22,24). The van der Waals surface area contributed by atoms with Crippen LogP contribution in [0.4, 0.5) is 10.1 Å². The number of benzene rings is 2. The Hall–Kier alpha value is -2.42. The van der Waals surface area contributed by atoms with Crippen molar-refractivity contribution in [3.63, 3.8) is 0 Å². The van der Waals surface area contributed by atoms with Crippen LogP contribution in [0, 0.1) is 5.82 Å². The Kier molecular flexibility index (Phi) is 6.02. The van der Waals surface area contributed by atoms with Crippen LogP contribution >= 0.6 is 22.9 Å². The number of anilines is 1. The normalized spacial score (nSPS) is 11.2. The van der Waals surface area contributed by atoms with Crippen LogP contribution in [0.2, 0.25) is 5.02 Å². The summed E-state index contributed by atoms with van der Waals surface area (Å²) in [5.74, 6) is -0.939. The molecule has 0 bridgehead atoms. The summed E-state index contributed by atoms with van der Waals surface area (Å²) in [6.45, 7) is 0.319. The summed E-state index contributed by atoms with van der Waals surface area (Å²) < 4.78 is 39.9. The largest absolute Gasteiger partial charge is 0.347 e. The third-order valence-electron chi connectivity index (χ3n) is 4.03. The zero-order valence-electron chi connectivity index (χ0n) is 14.7. The third kappa shape index (κ3) is 4.35. The van der Waals surface area contributed by atoms with Gasteiger partial charge in [-0.25, -0.2) is 12.8 Å². The molecule has 1 heterocycles. The minimum atomic E-state index is -3.96. The number of sulfonamides is 1. The minimum absolute atomic E-state index is 0.0619. The molecule has 0 spiro atoms. The van der Waals surface area contributed by atoms with Crippen molar-refractivity contribution in [2.75, 3.05) is 11.4 Å². The molecule has 1 aromatic heterocycles. The lowest BCUT2D eigenvalue weighted by Crippen LogP contribution is -2.27. The smallest absolute Gasteiger partial charge is 0.264 e. The van der Waals surface area contributed by atoms with E-state index in [2.05, 4.69) is 5.32 Å². The second-order valence-electron chi connectivity index (χ2n) is 5.85. The highest BCUT2D eigenvalue weighted by molar-refractivity contribution is 7.92. The van der Waals surface area contributed by atoms with Gasteiger partial charge < -0.3 is 5.32 Å². The van der Waals surface area contributed by atoms with Crippen LogP contribution in [-0.4, -0.2) is 21.4 Å². The van der Waals surface area contributed by atoms with Crippen molar-refractivity contribution in [3.05, 3.63) is 81.3 Å². The molecule has 5 nitrogen and oxygen atoms in total. The molecule has 0 radical (unpaired) electrons. The molecule has 0 saturated carbocycles. The van der Waals surface area contributed by atoms with Crippen LogP contribution in [0.15, 0.2) is 64.9 Å². The van der Waals surface area contributed by atoms with Crippen molar-refractivity contribution >= 4 is 44.6 Å². The predicted molar refractivity (Wildman–Crippen MR) is 109 cm³/mol. The molecule has 0 aliphatic carbocycles. The van der Waals surface area contributed by atoms with Gasteiger partial charge in [0.15, 0.2) is 0 Å². The van der Waals surface area contributed by atoms with E-state index in [0.717, 1.165) is 9.18 Å².